The third kappa shape index (κ3) is 3.57. The zero-order chi connectivity index (χ0) is 11.3. The van der Waals surface area contributed by atoms with Gasteiger partial charge in [0.15, 0.2) is 0 Å². The molecular formula is C9H18N6. The number of rotatable bonds is 5. The number of unbranched alkanes of at least 4 members (excludes halogenated alkanes) is 2. The Morgan fingerprint density at radius 2 is 1.67 bits per heavy atom. The van der Waals surface area contributed by atoms with Gasteiger partial charge in [-0.1, -0.05) is 19.8 Å². The molecule has 0 aliphatic heterocycles. The molecule has 0 aliphatic rings. The predicted molar refractivity (Wildman–Crippen MR) is 61.4 cm³/mol. The maximum Gasteiger partial charge on any atom is 0.231 e. The Morgan fingerprint density at radius 3 is 2.20 bits per heavy atom. The van der Waals surface area contributed by atoms with Crippen LogP contribution in [0, 0.1) is 0 Å². The topological polar surface area (TPSA) is 94.0 Å². The van der Waals surface area contributed by atoms with E-state index in [9.17, 15) is 0 Å². The van der Waals surface area contributed by atoms with Gasteiger partial charge in [0.05, 0.1) is 0 Å². The Balaban J connectivity index is 2.60. The van der Waals surface area contributed by atoms with Crippen LogP contribution in [0.15, 0.2) is 0 Å². The summed E-state index contributed by atoms with van der Waals surface area (Å²) in [4.78, 5) is 13.7. The summed E-state index contributed by atoms with van der Waals surface area (Å²) < 4.78 is 0. The molecule has 0 aliphatic carbocycles. The molecule has 6 nitrogen and oxygen atoms in total. The number of hydrogen-bond donors (Lipinski definition) is 2. The Kier molecular flexibility index (Phi) is 4.08. The highest BCUT2D eigenvalue weighted by Crippen LogP contribution is 2.09. The van der Waals surface area contributed by atoms with Crippen LogP contribution >= 0.6 is 0 Å². The number of aromatic nitrogens is 3. The number of nitrogens with zero attached hydrogens (tertiary/aromatic N) is 4. The Bertz CT molecular complexity index is 293. The fourth-order valence-electron chi connectivity index (χ4n) is 1.27. The lowest BCUT2D eigenvalue weighted by Crippen LogP contribution is -2.22. The van der Waals surface area contributed by atoms with Gasteiger partial charge in [-0.25, -0.2) is 0 Å². The van der Waals surface area contributed by atoms with Crippen molar-refractivity contribution in [2.45, 2.75) is 26.2 Å². The van der Waals surface area contributed by atoms with E-state index in [2.05, 4.69) is 21.9 Å². The standard InChI is InChI=1S/C9H18N6/c1-3-4-5-6-15(2)9-13-7(10)12-8(11)14-9/h3-6H2,1-2H3,(H4,10,11,12,13,14). The van der Waals surface area contributed by atoms with Gasteiger partial charge in [-0.3, -0.25) is 0 Å². The third-order valence-electron chi connectivity index (χ3n) is 2.10. The molecule has 0 bridgehead atoms. The van der Waals surface area contributed by atoms with Gasteiger partial charge in [-0.05, 0) is 6.42 Å². The molecule has 0 saturated heterocycles. The SMILES string of the molecule is CCCCCN(C)c1nc(N)nc(N)n1. The van der Waals surface area contributed by atoms with Crippen LogP contribution in [-0.4, -0.2) is 28.5 Å². The van der Waals surface area contributed by atoms with Gasteiger partial charge in [0.2, 0.25) is 17.8 Å². The summed E-state index contributed by atoms with van der Waals surface area (Å²) in [7, 11) is 1.92. The zero-order valence-corrected chi connectivity index (χ0v) is 9.27. The van der Waals surface area contributed by atoms with Crippen LogP contribution in [0.25, 0.3) is 0 Å². The molecule has 84 valence electrons. The van der Waals surface area contributed by atoms with Gasteiger partial charge in [0, 0.05) is 13.6 Å². The lowest BCUT2D eigenvalue weighted by Gasteiger charge is -2.16. The normalized spacial score (nSPS) is 10.3. The first-order chi connectivity index (χ1) is 7.13. The first-order valence-electron chi connectivity index (χ1n) is 5.11. The van der Waals surface area contributed by atoms with E-state index >= 15 is 0 Å². The number of hydrogen-bond acceptors (Lipinski definition) is 6. The number of nitrogen functional groups attached to an aromatic ring is 2. The average Bonchev–Trinajstić information content (AvgIpc) is 2.16. The van der Waals surface area contributed by atoms with E-state index in [0.717, 1.165) is 13.0 Å². The highest BCUT2D eigenvalue weighted by atomic mass is 15.3. The minimum absolute atomic E-state index is 0.167. The van der Waals surface area contributed by atoms with Gasteiger partial charge < -0.3 is 16.4 Å². The van der Waals surface area contributed by atoms with Crippen molar-refractivity contribution < 1.29 is 0 Å². The highest BCUT2D eigenvalue weighted by molar-refractivity contribution is 5.38. The van der Waals surface area contributed by atoms with Crippen molar-refractivity contribution in [3.05, 3.63) is 0 Å². The van der Waals surface area contributed by atoms with Crippen molar-refractivity contribution in [3.8, 4) is 0 Å². The number of nitrogens with two attached hydrogens (primary N) is 2. The molecule has 1 aromatic heterocycles. The van der Waals surface area contributed by atoms with Gasteiger partial charge in [0.25, 0.3) is 0 Å². The summed E-state index contributed by atoms with van der Waals surface area (Å²) in [6.07, 6.45) is 3.49. The third-order valence-corrected chi connectivity index (χ3v) is 2.10. The second-order valence-corrected chi connectivity index (χ2v) is 3.48. The molecule has 0 saturated carbocycles. The largest absolute Gasteiger partial charge is 0.368 e. The molecule has 0 fully saturated rings. The molecule has 0 unspecified atom stereocenters. The molecule has 0 atom stereocenters. The molecule has 1 aromatic rings. The molecule has 1 heterocycles. The van der Waals surface area contributed by atoms with Crippen LogP contribution in [0.4, 0.5) is 17.8 Å². The van der Waals surface area contributed by atoms with E-state index in [1.54, 1.807) is 0 Å². The molecular weight excluding hydrogens is 192 g/mol. The van der Waals surface area contributed by atoms with Crippen LogP contribution < -0.4 is 16.4 Å². The van der Waals surface area contributed by atoms with Crippen molar-refractivity contribution in [1.29, 1.82) is 0 Å². The molecule has 0 radical (unpaired) electrons. The molecule has 15 heavy (non-hydrogen) atoms. The second kappa shape index (κ2) is 5.33. The maximum absolute atomic E-state index is 5.48. The number of anilines is 3. The van der Waals surface area contributed by atoms with E-state index in [1.807, 2.05) is 11.9 Å². The summed E-state index contributed by atoms with van der Waals surface area (Å²) in [5.74, 6) is 0.871. The fraction of sp³-hybridized carbons (Fsp3) is 0.667. The van der Waals surface area contributed by atoms with E-state index in [0.29, 0.717) is 5.95 Å². The summed E-state index contributed by atoms with van der Waals surface area (Å²) in [5, 5.41) is 0. The van der Waals surface area contributed by atoms with Crippen LogP contribution in [0.2, 0.25) is 0 Å². The van der Waals surface area contributed by atoms with Gasteiger partial charge >= 0.3 is 0 Å². The van der Waals surface area contributed by atoms with Gasteiger partial charge in [0.1, 0.15) is 0 Å². The maximum atomic E-state index is 5.48. The van der Waals surface area contributed by atoms with Crippen molar-refractivity contribution in [2.24, 2.45) is 0 Å². The van der Waals surface area contributed by atoms with E-state index in [-0.39, 0.29) is 11.9 Å². The monoisotopic (exact) mass is 210 g/mol. The van der Waals surface area contributed by atoms with Crippen molar-refractivity contribution in [3.63, 3.8) is 0 Å². The minimum Gasteiger partial charge on any atom is -0.368 e. The molecule has 4 N–H and O–H groups in total. The van der Waals surface area contributed by atoms with Crippen LogP contribution in [0.3, 0.4) is 0 Å². The van der Waals surface area contributed by atoms with Crippen LogP contribution in [0.1, 0.15) is 26.2 Å². The Hall–Kier alpha value is -1.59. The lowest BCUT2D eigenvalue weighted by molar-refractivity contribution is 0.696. The van der Waals surface area contributed by atoms with E-state index in [4.69, 9.17) is 11.5 Å². The summed E-state index contributed by atoms with van der Waals surface area (Å²) in [6.45, 7) is 3.07. The van der Waals surface area contributed by atoms with Crippen molar-refractivity contribution >= 4 is 17.8 Å². The van der Waals surface area contributed by atoms with Crippen LogP contribution in [0.5, 0.6) is 0 Å². The first kappa shape index (κ1) is 11.5. The van der Waals surface area contributed by atoms with Crippen molar-refractivity contribution in [1.82, 2.24) is 15.0 Å². The predicted octanol–water partition coefficient (Wildman–Crippen LogP) is 0.662. The lowest BCUT2D eigenvalue weighted by atomic mass is 10.2. The first-order valence-corrected chi connectivity index (χ1v) is 5.11. The average molecular weight is 210 g/mol. The zero-order valence-electron chi connectivity index (χ0n) is 9.27. The molecule has 0 aromatic carbocycles. The minimum atomic E-state index is 0.167. The second-order valence-electron chi connectivity index (χ2n) is 3.48. The fourth-order valence-corrected chi connectivity index (χ4v) is 1.27. The molecule has 1 rings (SSSR count). The summed E-state index contributed by atoms with van der Waals surface area (Å²) >= 11 is 0. The van der Waals surface area contributed by atoms with Crippen molar-refractivity contribution in [2.75, 3.05) is 30.0 Å². The summed E-state index contributed by atoms with van der Waals surface area (Å²) in [5.41, 5.74) is 11.0. The van der Waals surface area contributed by atoms with E-state index in [1.165, 1.54) is 12.8 Å². The highest BCUT2D eigenvalue weighted by Gasteiger charge is 2.06. The Labute approximate surface area is 89.7 Å². The van der Waals surface area contributed by atoms with Gasteiger partial charge in [-0.2, -0.15) is 15.0 Å². The molecule has 0 amide bonds. The van der Waals surface area contributed by atoms with Gasteiger partial charge in [-0.15, -0.1) is 0 Å². The molecule has 0 spiro atoms. The quantitative estimate of drug-likeness (QED) is 0.693. The summed E-state index contributed by atoms with van der Waals surface area (Å²) in [6, 6.07) is 0. The van der Waals surface area contributed by atoms with Crippen LogP contribution in [-0.2, 0) is 0 Å². The smallest absolute Gasteiger partial charge is 0.231 e. The Morgan fingerprint density at radius 1 is 1.07 bits per heavy atom. The van der Waals surface area contributed by atoms with E-state index < -0.39 is 0 Å². The molecule has 6 heteroatoms.